The number of rotatable bonds is 4. The summed E-state index contributed by atoms with van der Waals surface area (Å²) in [5.74, 6) is 1.14. The van der Waals surface area contributed by atoms with Crippen LogP contribution in [0.4, 0.5) is 10.6 Å². The second-order valence-electron chi connectivity index (χ2n) is 10.7. The molecule has 5 rings (SSSR count). The van der Waals surface area contributed by atoms with E-state index in [1.54, 1.807) is 18.6 Å². The molecule has 1 saturated heterocycles. The maximum atomic E-state index is 13.0. The molecule has 0 amide bonds. The van der Waals surface area contributed by atoms with Crippen molar-refractivity contribution >= 4 is 32.5 Å². The Labute approximate surface area is 211 Å². The molecular weight excluding hydrogens is 480 g/mol. The van der Waals surface area contributed by atoms with Gasteiger partial charge in [-0.2, -0.15) is 0 Å². The van der Waals surface area contributed by atoms with E-state index in [2.05, 4.69) is 16.8 Å². The molecule has 4 heterocycles. The normalized spacial score (nSPS) is 21.2. The SMILES string of the molecule is C[C@@H]1COCCN1c1cc(C2(S(C)(=N)=O)CC2)nc(-c2cncc3c2ccn3C(=O)OC(C)(C)C)n1. The molecule has 1 unspecified atom stereocenters. The zero-order valence-electron chi connectivity index (χ0n) is 21.3. The number of hydrogen-bond acceptors (Lipinski definition) is 9. The van der Waals surface area contributed by atoms with E-state index in [-0.39, 0.29) is 6.04 Å². The van der Waals surface area contributed by atoms with Crippen molar-refractivity contribution in [1.29, 1.82) is 4.78 Å². The molecule has 10 nitrogen and oxygen atoms in total. The average Bonchev–Trinajstić information content (AvgIpc) is 3.51. The van der Waals surface area contributed by atoms with Crippen LogP contribution in [0.25, 0.3) is 22.3 Å². The number of morpholine rings is 1. The predicted molar refractivity (Wildman–Crippen MR) is 138 cm³/mol. The van der Waals surface area contributed by atoms with Gasteiger partial charge in [0.15, 0.2) is 5.82 Å². The first-order chi connectivity index (χ1) is 16.9. The predicted octanol–water partition coefficient (Wildman–Crippen LogP) is 4.17. The van der Waals surface area contributed by atoms with Gasteiger partial charge in [0.2, 0.25) is 0 Å². The summed E-state index contributed by atoms with van der Waals surface area (Å²) in [6.07, 6.45) is 7.24. The smallest absolute Gasteiger partial charge is 0.419 e. The number of ether oxygens (including phenoxy) is 2. The molecule has 2 atom stereocenters. The Morgan fingerprint density at radius 3 is 2.67 bits per heavy atom. The van der Waals surface area contributed by atoms with E-state index < -0.39 is 26.2 Å². The molecule has 2 fully saturated rings. The highest BCUT2D eigenvalue weighted by atomic mass is 32.2. The second-order valence-corrected chi connectivity index (χ2v) is 13.1. The van der Waals surface area contributed by atoms with Gasteiger partial charge in [-0.15, -0.1) is 0 Å². The van der Waals surface area contributed by atoms with Crippen molar-refractivity contribution in [3.8, 4) is 11.4 Å². The lowest BCUT2D eigenvalue weighted by atomic mass is 10.1. The van der Waals surface area contributed by atoms with Crippen LogP contribution in [-0.2, 0) is 23.9 Å². The van der Waals surface area contributed by atoms with Crippen molar-refractivity contribution in [2.24, 2.45) is 0 Å². The third-order valence-electron chi connectivity index (χ3n) is 6.74. The third-order valence-corrected chi connectivity index (χ3v) is 8.85. The highest BCUT2D eigenvalue weighted by Gasteiger charge is 2.53. The molecule has 2 aliphatic rings. The van der Waals surface area contributed by atoms with Crippen LogP contribution in [0.2, 0.25) is 0 Å². The van der Waals surface area contributed by atoms with Crippen molar-refractivity contribution in [3.63, 3.8) is 0 Å². The van der Waals surface area contributed by atoms with E-state index in [4.69, 9.17) is 24.2 Å². The summed E-state index contributed by atoms with van der Waals surface area (Å²) in [5, 5.41) is 0.752. The van der Waals surface area contributed by atoms with Gasteiger partial charge >= 0.3 is 6.09 Å². The van der Waals surface area contributed by atoms with Gasteiger partial charge in [-0.1, -0.05) is 0 Å². The number of hydrogen-bond donors (Lipinski definition) is 1. The molecule has 3 aromatic heterocycles. The molecular formula is C25H32N6O4S. The number of carbonyl (C=O) groups excluding carboxylic acids is 1. The highest BCUT2D eigenvalue weighted by Crippen LogP contribution is 2.52. The first-order valence-corrected chi connectivity index (χ1v) is 14.0. The van der Waals surface area contributed by atoms with Crippen molar-refractivity contribution in [1.82, 2.24) is 19.5 Å². The van der Waals surface area contributed by atoms with Gasteiger partial charge < -0.3 is 14.4 Å². The zero-order chi connectivity index (χ0) is 25.9. The Hall–Kier alpha value is -3.05. The molecule has 1 saturated carbocycles. The van der Waals surface area contributed by atoms with Gasteiger partial charge in [-0.25, -0.2) is 19.0 Å². The molecule has 1 N–H and O–H groups in total. The van der Waals surface area contributed by atoms with Gasteiger partial charge in [0.1, 0.15) is 11.4 Å². The van der Waals surface area contributed by atoms with E-state index in [0.29, 0.717) is 61.0 Å². The zero-order valence-corrected chi connectivity index (χ0v) is 22.1. The van der Waals surface area contributed by atoms with Crippen LogP contribution in [0.1, 0.15) is 46.2 Å². The minimum absolute atomic E-state index is 0.105. The number of nitrogens with one attached hydrogen (secondary N) is 1. The van der Waals surface area contributed by atoms with Crippen LogP contribution >= 0.6 is 0 Å². The minimum Gasteiger partial charge on any atom is -0.443 e. The molecule has 36 heavy (non-hydrogen) atoms. The minimum atomic E-state index is -2.89. The molecule has 3 aromatic rings. The van der Waals surface area contributed by atoms with E-state index >= 15 is 0 Å². The Bertz CT molecular complexity index is 1440. The van der Waals surface area contributed by atoms with E-state index in [0.717, 1.165) is 5.39 Å². The molecule has 11 heteroatoms. The summed E-state index contributed by atoms with van der Waals surface area (Å²) in [6, 6.07) is 3.81. The van der Waals surface area contributed by atoms with Gasteiger partial charge in [0.25, 0.3) is 0 Å². The lowest BCUT2D eigenvalue weighted by Gasteiger charge is -2.34. The summed E-state index contributed by atoms with van der Waals surface area (Å²) in [4.78, 5) is 29.1. The Morgan fingerprint density at radius 1 is 1.28 bits per heavy atom. The molecule has 1 aliphatic carbocycles. The van der Waals surface area contributed by atoms with Crippen molar-refractivity contribution in [2.45, 2.75) is 56.9 Å². The fourth-order valence-electron chi connectivity index (χ4n) is 4.67. The average molecular weight is 513 g/mol. The standard InChI is InChI=1S/C25H32N6O4S/c1-16-15-34-11-10-30(16)21-12-20(25(7-8-25)36(5,26)33)28-22(29-21)18-13-27-14-19-17(18)6-9-31(19)23(32)35-24(2,3)4/h6,9,12-14,16,26H,7-8,10-11,15H2,1-5H3/t16-,36?/m1/s1. The van der Waals surface area contributed by atoms with Crippen molar-refractivity contribution < 1.29 is 18.5 Å². The number of anilines is 1. The fourth-order valence-corrected chi connectivity index (χ4v) is 6.05. The number of carbonyl (C=O) groups is 1. The quantitative estimate of drug-likeness (QED) is 0.553. The molecule has 0 aromatic carbocycles. The van der Waals surface area contributed by atoms with E-state index in [9.17, 15) is 9.00 Å². The lowest BCUT2D eigenvalue weighted by molar-refractivity contribution is 0.0544. The van der Waals surface area contributed by atoms with Crippen LogP contribution in [0.15, 0.2) is 30.7 Å². The van der Waals surface area contributed by atoms with E-state index in [1.165, 1.54) is 10.8 Å². The topological polar surface area (TPSA) is 123 Å². The summed E-state index contributed by atoms with van der Waals surface area (Å²) in [5.41, 5.74) is 1.22. The number of nitrogens with zero attached hydrogens (tertiary/aromatic N) is 5. The molecule has 192 valence electrons. The molecule has 0 radical (unpaired) electrons. The Morgan fingerprint density at radius 2 is 2.03 bits per heavy atom. The summed E-state index contributed by atoms with van der Waals surface area (Å²) >= 11 is 0. The van der Waals surface area contributed by atoms with Crippen LogP contribution in [0.5, 0.6) is 0 Å². The lowest BCUT2D eigenvalue weighted by Crippen LogP contribution is -2.44. The molecule has 1 aliphatic heterocycles. The largest absolute Gasteiger partial charge is 0.443 e. The molecule has 0 spiro atoms. The maximum absolute atomic E-state index is 13.0. The first-order valence-electron chi connectivity index (χ1n) is 12.1. The van der Waals surface area contributed by atoms with Gasteiger partial charge in [-0.3, -0.25) is 14.3 Å². The maximum Gasteiger partial charge on any atom is 0.419 e. The Balaban J connectivity index is 1.66. The van der Waals surface area contributed by atoms with Gasteiger partial charge in [-0.05, 0) is 46.6 Å². The van der Waals surface area contributed by atoms with Gasteiger partial charge in [0, 0.05) is 42.2 Å². The van der Waals surface area contributed by atoms with Crippen LogP contribution < -0.4 is 4.90 Å². The monoisotopic (exact) mass is 512 g/mol. The second kappa shape index (κ2) is 8.52. The Kier molecular flexibility index (Phi) is 5.83. The summed E-state index contributed by atoms with van der Waals surface area (Å²) in [7, 11) is -2.89. The first kappa shape index (κ1) is 24.6. The van der Waals surface area contributed by atoms with Crippen molar-refractivity contribution in [2.75, 3.05) is 30.9 Å². The number of aromatic nitrogens is 4. The third kappa shape index (κ3) is 4.34. The number of fused-ring (bicyclic) bond motifs is 1. The van der Waals surface area contributed by atoms with Gasteiger partial charge in [0.05, 0.1) is 51.1 Å². The van der Waals surface area contributed by atoms with Crippen LogP contribution in [0, 0.1) is 4.78 Å². The van der Waals surface area contributed by atoms with Crippen LogP contribution in [0.3, 0.4) is 0 Å². The summed E-state index contributed by atoms with van der Waals surface area (Å²) < 4.78 is 33.2. The number of pyridine rings is 1. The molecule has 0 bridgehead atoms. The van der Waals surface area contributed by atoms with Crippen molar-refractivity contribution in [3.05, 3.63) is 36.4 Å². The van der Waals surface area contributed by atoms with E-state index in [1.807, 2.05) is 32.9 Å². The summed E-state index contributed by atoms with van der Waals surface area (Å²) in [6.45, 7) is 9.37. The van der Waals surface area contributed by atoms with Crippen LogP contribution in [-0.4, -0.2) is 67.5 Å². The fraction of sp³-hybridized carbons (Fsp3) is 0.520. The highest BCUT2D eigenvalue weighted by molar-refractivity contribution is 7.93.